The fourth-order valence-corrected chi connectivity index (χ4v) is 3.04. The van der Waals surface area contributed by atoms with E-state index in [2.05, 4.69) is 25.6 Å². The molecule has 2 aromatic heterocycles. The quantitative estimate of drug-likeness (QED) is 0.800. The zero-order valence-electron chi connectivity index (χ0n) is 14.4. The van der Waals surface area contributed by atoms with Crippen LogP contribution in [0.5, 0.6) is 0 Å². The lowest BCUT2D eigenvalue weighted by atomic mass is 9.96. The van der Waals surface area contributed by atoms with Crippen molar-refractivity contribution in [3.8, 4) is 0 Å². The van der Waals surface area contributed by atoms with E-state index in [0.29, 0.717) is 13.0 Å². The van der Waals surface area contributed by atoms with Crippen molar-refractivity contribution in [2.75, 3.05) is 17.2 Å². The van der Waals surface area contributed by atoms with Gasteiger partial charge in [-0.05, 0) is 25.0 Å². The highest BCUT2D eigenvalue weighted by molar-refractivity contribution is 5.43. The van der Waals surface area contributed by atoms with Crippen LogP contribution in [-0.2, 0) is 12.6 Å². The first-order valence-corrected chi connectivity index (χ1v) is 8.87. The third-order valence-electron chi connectivity index (χ3n) is 4.37. The van der Waals surface area contributed by atoms with E-state index in [-0.39, 0.29) is 17.8 Å². The Morgan fingerprint density at radius 3 is 2.58 bits per heavy atom. The van der Waals surface area contributed by atoms with E-state index in [1.54, 1.807) is 6.20 Å². The van der Waals surface area contributed by atoms with Gasteiger partial charge in [0.1, 0.15) is 5.82 Å². The summed E-state index contributed by atoms with van der Waals surface area (Å²) in [5, 5.41) is 6.02. The van der Waals surface area contributed by atoms with Crippen molar-refractivity contribution in [1.29, 1.82) is 0 Å². The van der Waals surface area contributed by atoms with Crippen molar-refractivity contribution in [3.05, 3.63) is 41.9 Å². The van der Waals surface area contributed by atoms with Gasteiger partial charge >= 0.3 is 6.18 Å². The smallest absolute Gasteiger partial charge is 0.370 e. The molecule has 1 fully saturated rings. The van der Waals surface area contributed by atoms with E-state index in [1.807, 2.05) is 18.2 Å². The van der Waals surface area contributed by atoms with Crippen LogP contribution in [-0.4, -0.2) is 27.5 Å². The number of nitrogens with one attached hydrogen (secondary N) is 2. The standard InChI is InChI=1S/C18H22F3N5/c19-18(20,21)15-12-16(23-11-9-13-6-4-5-10-22-13)26-17(25-15)24-14-7-2-1-3-8-14/h4-6,10,12,14H,1-3,7-9,11H2,(H2,23,24,25,26). The number of rotatable bonds is 6. The van der Waals surface area contributed by atoms with Gasteiger partial charge in [0.25, 0.3) is 0 Å². The molecule has 0 unspecified atom stereocenters. The van der Waals surface area contributed by atoms with Crippen LogP contribution in [0.3, 0.4) is 0 Å². The van der Waals surface area contributed by atoms with Gasteiger partial charge in [-0.2, -0.15) is 18.2 Å². The van der Waals surface area contributed by atoms with Crippen molar-refractivity contribution >= 4 is 11.8 Å². The minimum Gasteiger partial charge on any atom is -0.370 e. The van der Waals surface area contributed by atoms with Gasteiger partial charge in [-0.3, -0.25) is 4.98 Å². The third kappa shape index (κ3) is 5.31. The Balaban J connectivity index is 1.69. The highest BCUT2D eigenvalue weighted by Crippen LogP contribution is 2.30. The number of anilines is 2. The van der Waals surface area contributed by atoms with Crippen LogP contribution in [0.15, 0.2) is 30.5 Å². The highest BCUT2D eigenvalue weighted by atomic mass is 19.4. The number of halogens is 3. The predicted molar refractivity (Wildman–Crippen MR) is 94.0 cm³/mol. The average Bonchev–Trinajstić information content (AvgIpc) is 2.63. The summed E-state index contributed by atoms with van der Waals surface area (Å²) in [5.41, 5.74) is -0.0724. The van der Waals surface area contributed by atoms with Gasteiger partial charge in [0.2, 0.25) is 5.95 Å². The molecule has 0 aliphatic heterocycles. The van der Waals surface area contributed by atoms with Crippen LogP contribution >= 0.6 is 0 Å². The van der Waals surface area contributed by atoms with E-state index in [0.717, 1.165) is 37.4 Å². The molecular formula is C18H22F3N5. The molecule has 2 aromatic rings. The predicted octanol–water partition coefficient (Wildman–Crippen LogP) is 4.29. The van der Waals surface area contributed by atoms with Gasteiger partial charge in [-0.15, -0.1) is 0 Å². The number of pyridine rings is 1. The van der Waals surface area contributed by atoms with E-state index in [4.69, 9.17) is 0 Å². The van der Waals surface area contributed by atoms with Gasteiger partial charge < -0.3 is 10.6 Å². The largest absolute Gasteiger partial charge is 0.433 e. The SMILES string of the molecule is FC(F)(F)c1cc(NCCc2ccccn2)nc(NC2CCCCC2)n1. The Kier molecular flexibility index (Phi) is 5.90. The fraction of sp³-hybridized carbons (Fsp3) is 0.500. The van der Waals surface area contributed by atoms with Crippen LogP contribution in [0.25, 0.3) is 0 Å². The molecule has 0 bridgehead atoms. The molecule has 1 saturated carbocycles. The lowest BCUT2D eigenvalue weighted by Gasteiger charge is -2.23. The number of nitrogens with zero attached hydrogens (tertiary/aromatic N) is 3. The maximum atomic E-state index is 13.2. The van der Waals surface area contributed by atoms with Crippen molar-refractivity contribution in [1.82, 2.24) is 15.0 Å². The minimum absolute atomic E-state index is 0.0343. The maximum Gasteiger partial charge on any atom is 0.433 e. The Hall–Kier alpha value is -2.38. The summed E-state index contributed by atoms with van der Waals surface area (Å²) in [6.07, 6.45) is 2.96. The van der Waals surface area contributed by atoms with E-state index < -0.39 is 11.9 Å². The first-order chi connectivity index (χ1) is 12.5. The van der Waals surface area contributed by atoms with Crippen molar-refractivity contribution in [3.63, 3.8) is 0 Å². The Morgan fingerprint density at radius 2 is 1.88 bits per heavy atom. The Morgan fingerprint density at radius 1 is 1.08 bits per heavy atom. The summed E-state index contributed by atoms with van der Waals surface area (Å²) in [7, 11) is 0. The molecule has 0 atom stereocenters. The van der Waals surface area contributed by atoms with E-state index in [9.17, 15) is 13.2 Å². The second kappa shape index (κ2) is 8.33. The van der Waals surface area contributed by atoms with Crippen LogP contribution in [0.2, 0.25) is 0 Å². The third-order valence-corrected chi connectivity index (χ3v) is 4.37. The van der Waals surface area contributed by atoms with Crippen LogP contribution in [0, 0.1) is 0 Å². The van der Waals surface area contributed by atoms with Crippen LogP contribution in [0.1, 0.15) is 43.5 Å². The van der Waals surface area contributed by atoms with Crippen molar-refractivity contribution in [2.45, 2.75) is 50.7 Å². The number of hydrogen-bond donors (Lipinski definition) is 2. The molecule has 3 rings (SSSR count). The lowest BCUT2D eigenvalue weighted by molar-refractivity contribution is -0.141. The van der Waals surface area contributed by atoms with Gasteiger partial charge in [0.05, 0.1) is 0 Å². The molecule has 2 heterocycles. The summed E-state index contributed by atoms with van der Waals surface area (Å²) in [5.74, 6) is 0.202. The molecule has 26 heavy (non-hydrogen) atoms. The number of alkyl halides is 3. The molecule has 0 aromatic carbocycles. The molecule has 140 valence electrons. The summed E-state index contributed by atoms with van der Waals surface area (Å²) >= 11 is 0. The summed E-state index contributed by atoms with van der Waals surface area (Å²) in [6, 6.07) is 6.65. The monoisotopic (exact) mass is 365 g/mol. The molecule has 0 amide bonds. The zero-order valence-corrected chi connectivity index (χ0v) is 14.4. The zero-order chi connectivity index (χ0) is 18.4. The second-order valence-electron chi connectivity index (χ2n) is 6.44. The molecule has 0 radical (unpaired) electrons. The summed E-state index contributed by atoms with van der Waals surface area (Å²) in [6.45, 7) is 0.439. The van der Waals surface area contributed by atoms with Crippen molar-refractivity contribution < 1.29 is 13.2 Å². The summed E-state index contributed by atoms with van der Waals surface area (Å²) < 4.78 is 39.5. The molecule has 0 saturated heterocycles. The number of hydrogen-bond acceptors (Lipinski definition) is 5. The maximum absolute atomic E-state index is 13.2. The highest BCUT2D eigenvalue weighted by Gasteiger charge is 2.34. The molecule has 0 spiro atoms. The Bertz CT molecular complexity index is 700. The average molecular weight is 365 g/mol. The van der Waals surface area contributed by atoms with E-state index >= 15 is 0 Å². The molecular weight excluding hydrogens is 343 g/mol. The number of aromatic nitrogens is 3. The molecule has 5 nitrogen and oxygen atoms in total. The first kappa shape index (κ1) is 18.4. The Labute approximate surface area is 150 Å². The van der Waals surface area contributed by atoms with Crippen LogP contribution in [0.4, 0.5) is 24.9 Å². The topological polar surface area (TPSA) is 62.7 Å². The second-order valence-corrected chi connectivity index (χ2v) is 6.44. The molecule has 2 N–H and O–H groups in total. The van der Waals surface area contributed by atoms with Crippen molar-refractivity contribution in [2.24, 2.45) is 0 Å². The first-order valence-electron chi connectivity index (χ1n) is 8.87. The lowest BCUT2D eigenvalue weighted by Crippen LogP contribution is -2.24. The fourth-order valence-electron chi connectivity index (χ4n) is 3.04. The minimum atomic E-state index is -4.51. The molecule has 1 aliphatic carbocycles. The normalized spacial score (nSPS) is 15.7. The van der Waals surface area contributed by atoms with Gasteiger partial charge in [0.15, 0.2) is 5.69 Å². The van der Waals surface area contributed by atoms with Crippen LogP contribution < -0.4 is 10.6 Å². The van der Waals surface area contributed by atoms with Gasteiger partial charge in [-0.1, -0.05) is 25.3 Å². The molecule has 1 aliphatic rings. The summed E-state index contributed by atoms with van der Waals surface area (Å²) in [4.78, 5) is 12.1. The van der Waals surface area contributed by atoms with Gasteiger partial charge in [0, 0.05) is 37.0 Å². The van der Waals surface area contributed by atoms with Gasteiger partial charge in [-0.25, -0.2) is 4.98 Å². The van der Waals surface area contributed by atoms with E-state index in [1.165, 1.54) is 6.42 Å². The molecule has 8 heteroatoms.